The first-order valence-electron chi connectivity index (χ1n) is 7.92. The Morgan fingerprint density at radius 2 is 2.26 bits per heavy atom. The van der Waals surface area contributed by atoms with Gasteiger partial charge < -0.3 is 14.4 Å². The minimum atomic E-state index is -0.240. The van der Waals surface area contributed by atoms with Crippen molar-refractivity contribution in [3.05, 3.63) is 18.0 Å². The second kappa shape index (κ2) is 7.42. The number of ether oxygens (including phenoxy) is 2. The van der Waals surface area contributed by atoms with E-state index in [2.05, 4.69) is 23.8 Å². The van der Waals surface area contributed by atoms with Crippen molar-refractivity contribution in [2.75, 3.05) is 40.4 Å². The van der Waals surface area contributed by atoms with Crippen LogP contribution in [0.1, 0.15) is 19.5 Å². The molecule has 0 radical (unpaired) electrons. The summed E-state index contributed by atoms with van der Waals surface area (Å²) in [7, 11) is 5.40. The molecule has 1 amide bonds. The molecule has 0 aliphatic carbocycles. The molecule has 2 heterocycles. The molecule has 1 aliphatic heterocycles. The van der Waals surface area contributed by atoms with Crippen LogP contribution in [0, 0.1) is 0 Å². The van der Waals surface area contributed by atoms with Crippen molar-refractivity contribution >= 4 is 5.91 Å². The van der Waals surface area contributed by atoms with Crippen molar-refractivity contribution in [3.8, 4) is 0 Å². The quantitative estimate of drug-likeness (QED) is 0.763. The van der Waals surface area contributed by atoms with E-state index in [-0.39, 0.29) is 24.2 Å². The molecule has 7 nitrogen and oxygen atoms in total. The van der Waals surface area contributed by atoms with Crippen LogP contribution in [0.25, 0.3) is 0 Å². The summed E-state index contributed by atoms with van der Waals surface area (Å²) < 4.78 is 13.5. The molecule has 0 saturated carbocycles. The molecule has 1 saturated heterocycles. The number of likely N-dealkylation sites (N-methyl/N-ethyl adjacent to an activating group) is 1. The Morgan fingerprint density at radius 3 is 2.87 bits per heavy atom. The van der Waals surface area contributed by atoms with Crippen LogP contribution in [0.5, 0.6) is 0 Å². The summed E-state index contributed by atoms with van der Waals surface area (Å²) in [6.07, 6.45) is 1.77. The monoisotopic (exact) mass is 324 g/mol. The van der Waals surface area contributed by atoms with Crippen LogP contribution in [0.2, 0.25) is 0 Å². The van der Waals surface area contributed by atoms with Crippen molar-refractivity contribution in [2.24, 2.45) is 7.05 Å². The maximum absolute atomic E-state index is 11.6. The van der Waals surface area contributed by atoms with Crippen LogP contribution < -0.4 is 0 Å². The lowest BCUT2D eigenvalue weighted by molar-refractivity contribution is -0.161. The smallest absolute Gasteiger partial charge is 0.248 e. The molecule has 130 valence electrons. The van der Waals surface area contributed by atoms with Crippen molar-refractivity contribution in [2.45, 2.75) is 32.1 Å². The molecule has 2 rings (SSSR count). The average Bonchev–Trinajstić information content (AvgIpc) is 2.82. The van der Waals surface area contributed by atoms with Crippen LogP contribution in [-0.2, 0) is 27.9 Å². The summed E-state index contributed by atoms with van der Waals surface area (Å²) in [5.74, 6) is -0.0354. The van der Waals surface area contributed by atoms with Gasteiger partial charge in [0.25, 0.3) is 0 Å². The lowest BCUT2D eigenvalue weighted by Gasteiger charge is -2.42. The number of aromatic nitrogens is 2. The maximum Gasteiger partial charge on any atom is 0.248 e. The number of aryl methyl sites for hydroxylation is 1. The van der Waals surface area contributed by atoms with Gasteiger partial charge in [0.05, 0.1) is 24.0 Å². The predicted octanol–water partition coefficient (Wildman–Crippen LogP) is 0.504. The van der Waals surface area contributed by atoms with Gasteiger partial charge in [0.2, 0.25) is 5.91 Å². The number of amides is 1. The minimum Gasteiger partial charge on any atom is -0.369 e. The van der Waals surface area contributed by atoms with E-state index in [1.807, 2.05) is 24.0 Å². The van der Waals surface area contributed by atoms with Gasteiger partial charge in [-0.3, -0.25) is 14.4 Å². The molecule has 0 spiro atoms. The Morgan fingerprint density at radius 1 is 1.52 bits per heavy atom. The third-order valence-corrected chi connectivity index (χ3v) is 3.89. The molecule has 0 unspecified atom stereocenters. The molecule has 0 bridgehead atoms. The van der Waals surface area contributed by atoms with Crippen LogP contribution in [0.3, 0.4) is 0 Å². The lowest BCUT2D eigenvalue weighted by Crippen LogP contribution is -2.53. The van der Waals surface area contributed by atoms with Gasteiger partial charge in [-0.05, 0) is 19.9 Å². The topological polar surface area (TPSA) is 59.8 Å². The SMILES string of the molecule is CN(C)C(=O)COC[C@@H]1CN(Cc2ccnn2C)CC(C)(C)O1. The number of nitrogens with zero attached hydrogens (tertiary/aromatic N) is 4. The van der Waals surface area contributed by atoms with Gasteiger partial charge in [0.15, 0.2) is 0 Å². The summed E-state index contributed by atoms with van der Waals surface area (Å²) in [5.41, 5.74) is 0.932. The van der Waals surface area contributed by atoms with E-state index in [1.54, 1.807) is 14.1 Å². The highest BCUT2D eigenvalue weighted by molar-refractivity contribution is 5.76. The van der Waals surface area contributed by atoms with Crippen molar-refractivity contribution in [3.63, 3.8) is 0 Å². The highest BCUT2D eigenvalue weighted by atomic mass is 16.5. The Kier molecular flexibility index (Phi) is 5.78. The maximum atomic E-state index is 11.6. The van der Waals surface area contributed by atoms with Crippen LogP contribution in [0.15, 0.2) is 12.3 Å². The van der Waals surface area contributed by atoms with Gasteiger partial charge in [0.1, 0.15) is 6.61 Å². The Bertz CT molecular complexity index is 527. The number of hydrogen-bond donors (Lipinski definition) is 0. The number of hydrogen-bond acceptors (Lipinski definition) is 5. The Labute approximate surface area is 138 Å². The van der Waals surface area contributed by atoms with E-state index in [9.17, 15) is 4.79 Å². The van der Waals surface area contributed by atoms with Crippen LogP contribution in [-0.4, -0.2) is 77.6 Å². The van der Waals surface area contributed by atoms with Crippen LogP contribution >= 0.6 is 0 Å². The standard InChI is InChI=1S/C16H28N4O3/c1-16(2)12-20(8-13-6-7-17-19(13)5)9-14(23-16)10-22-11-15(21)18(3)4/h6-7,14H,8-12H2,1-5H3/t14-/m0/s1. The number of carbonyl (C=O) groups excluding carboxylic acids is 1. The largest absolute Gasteiger partial charge is 0.369 e. The van der Waals surface area contributed by atoms with Gasteiger partial charge >= 0.3 is 0 Å². The molecule has 23 heavy (non-hydrogen) atoms. The van der Waals surface area contributed by atoms with Gasteiger partial charge in [-0.1, -0.05) is 0 Å². The highest BCUT2D eigenvalue weighted by Gasteiger charge is 2.33. The molecule has 1 fully saturated rings. The van der Waals surface area contributed by atoms with Gasteiger partial charge in [0, 0.05) is 47.0 Å². The predicted molar refractivity (Wildman–Crippen MR) is 87.0 cm³/mol. The lowest BCUT2D eigenvalue weighted by atomic mass is 10.1. The molecular formula is C16H28N4O3. The molecule has 1 aliphatic rings. The first-order chi connectivity index (χ1) is 10.8. The first kappa shape index (κ1) is 17.9. The molecule has 0 aromatic carbocycles. The Balaban J connectivity index is 1.88. The van der Waals surface area contributed by atoms with Crippen molar-refractivity contribution in [1.29, 1.82) is 0 Å². The van der Waals surface area contributed by atoms with E-state index in [4.69, 9.17) is 9.47 Å². The van der Waals surface area contributed by atoms with Crippen molar-refractivity contribution in [1.82, 2.24) is 19.6 Å². The second-order valence-electron chi connectivity index (χ2n) is 6.92. The number of rotatable bonds is 6. The minimum absolute atomic E-state index is 0.0354. The fourth-order valence-electron chi connectivity index (χ4n) is 2.82. The number of carbonyl (C=O) groups is 1. The van der Waals surface area contributed by atoms with E-state index in [0.29, 0.717) is 6.61 Å². The summed E-state index contributed by atoms with van der Waals surface area (Å²) in [6, 6.07) is 2.03. The summed E-state index contributed by atoms with van der Waals surface area (Å²) in [5, 5.41) is 4.21. The third kappa shape index (κ3) is 5.30. The van der Waals surface area contributed by atoms with E-state index in [1.165, 1.54) is 10.6 Å². The fourth-order valence-corrected chi connectivity index (χ4v) is 2.82. The molecular weight excluding hydrogens is 296 g/mol. The normalized spacial score (nSPS) is 21.3. The summed E-state index contributed by atoms with van der Waals surface area (Å²) in [6.45, 7) is 7.15. The second-order valence-corrected chi connectivity index (χ2v) is 6.92. The highest BCUT2D eigenvalue weighted by Crippen LogP contribution is 2.22. The first-order valence-corrected chi connectivity index (χ1v) is 7.92. The van der Waals surface area contributed by atoms with E-state index in [0.717, 1.165) is 19.6 Å². The summed E-state index contributed by atoms with van der Waals surface area (Å²) in [4.78, 5) is 15.4. The van der Waals surface area contributed by atoms with Crippen LogP contribution in [0.4, 0.5) is 0 Å². The zero-order valence-corrected chi connectivity index (χ0v) is 14.8. The molecule has 1 aromatic rings. The molecule has 1 aromatic heterocycles. The Hall–Kier alpha value is -1.44. The molecule has 0 N–H and O–H groups in total. The van der Waals surface area contributed by atoms with E-state index >= 15 is 0 Å². The third-order valence-electron chi connectivity index (χ3n) is 3.89. The van der Waals surface area contributed by atoms with E-state index < -0.39 is 0 Å². The zero-order valence-electron chi connectivity index (χ0n) is 14.8. The average molecular weight is 324 g/mol. The number of morpholine rings is 1. The fraction of sp³-hybridized carbons (Fsp3) is 0.750. The van der Waals surface area contributed by atoms with Gasteiger partial charge in [-0.2, -0.15) is 5.10 Å². The molecule has 7 heteroatoms. The van der Waals surface area contributed by atoms with Crippen molar-refractivity contribution < 1.29 is 14.3 Å². The summed E-state index contributed by atoms with van der Waals surface area (Å²) >= 11 is 0. The zero-order chi connectivity index (χ0) is 17.0. The van der Waals surface area contributed by atoms with Gasteiger partial charge in [-0.25, -0.2) is 0 Å². The van der Waals surface area contributed by atoms with Gasteiger partial charge in [-0.15, -0.1) is 0 Å². The molecule has 1 atom stereocenters.